The van der Waals surface area contributed by atoms with Crippen LogP contribution in [-0.2, 0) is 9.59 Å². The van der Waals surface area contributed by atoms with Crippen molar-refractivity contribution in [1.29, 1.82) is 0 Å². The minimum atomic E-state index is -1.41. The molecule has 19 heavy (non-hydrogen) atoms. The van der Waals surface area contributed by atoms with E-state index in [4.69, 9.17) is 5.11 Å². The van der Waals surface area contributed by atoms with Crippen LogP contribution in [0.15, 0.2) is 0 Å². The molecule has 0 heterocycles. The summed E-state index contributed by atoms with van der Waals surface area (Å²) >= 11 is 0. The number of carbonyl (C=O) groups excluding carboxylic acids is 2. The summed E-state index contributed by atoms with van der Waals surface area (Å²) < 4.78 is 0. The molecule has 0 saturated carbocycles. The average molecular weight is 275 g/mol. The molecule has 3 amide bonds. The smallest absolute Gasteiger partial charge is 0.328 e. The number of carboxylic acids is 1. The maximum Gasteiger partial charge on any atom is 0.328 e. The number of hydrogen-bond donors (Lipinski definition) is 4. The van der Waals surface area contributed by atoms with Gasteiger partial charge in [0.15, 0.2) is 6.04 Å². The van der Waals surface area contributed by atoms with E-state index in [9.17, 15) is 19.5 Å². The quantitative estimate of drug-likeness (QED) is 0.474. The summed E-state index contributed by atoms with van der Waals surface area (Å²) in [6.45, 7) is 5.72. The molecule has 0 radical (unpaired) electrons. The van der Waals surface area contributed by atoms with Gasteiger partial charge >= 0.3 is 12.0 Å². The molecule has 0 bridgehead atoms. The molecule has 0 spiro atoms. The Kier molecular flexibility index (Phi) is 7.50. The number of aliphatic carboxylic acids is 1. The van der Waals surface area contributed by atoms with Crippen LogP contribution < -0.4 is 10.6 Å². The number of hydrogen-bond acceptors (Lipinski definition) is 4. The number of nitrogens with zero attached hydrogens (tertiary/aromatic N) is 1. The van der Waals surface area contributed by atoms with Crippen LogP contribution in [0.2, 0.25) is 0 Å². The number of carboxylic acid groups (broad SMARTS) is 1. The highest BCUT2D eigenvalue weighted by molar-refractivity contribution is 5.86. The first-order chi connectivity index (χ1) is 8.83. The van der Waals surface area contributed by atoms with Gasteiger partial charge in [0.05, 0.1) is 12.6 Å². The zero-order valence-electron chi connectivity index (χ0n) is 11.3. The fraction of sp³-hybridized carbons (Fsp3) is 0.727. The third-order valence-corrected chi connectivity index (χ3v) is 2.55. The lowest BCUT2D eigenvalue weighted by atomic mass is 10.2. The van der Waals surface area contributed by atoms with Gasteiger partial charge in [-0.25, -0.2) is 9.59 Å². The van der Waals surface area contributed by atoms with Gasteiger partial charge in [-0.3, -0.25) is 4.79 Å². The lowest BCUT2D eigenvalue weighted by Crippen LogP contribution is -2.52. The monoisotopic (exact) mass is 275 g/mol. The second kappa shape index (κ2) is 8.30. The standard InChI is InChI=1S/C11H21N3O5/c1-4-14(5-2)8(16)6-12-11(19)13-9(7(3)15)10(17)18/h7,9,15H,4-6H2,1-3H3,(H,17,18)(H2,12,13,19). The molecule has 0 saturated heterocycles. The SMILES string of the molecule is CCN(CC)C(=O)CNC(=O)NC(C(=O)O)C(C)O. The van der Waals surface area contributed by atoms with Crippen molar-refractivity contribution in [3.63, 3.8) is 0 Å². The molecule has 0 aliphatic rings. The number of rotatable bonds is 7. The van der Waals surface area contributed by atoms with Gasteiger partial charge in [-0.15, -0.1) is 0 Å². The van der Waals surface area contributed by atoms with Crippen molar-refractivity contribution in [3.8, 4) is 0 Å². The summed E-state index contributed by atoms with van der Waals surface area (Å²) in [5.41, 5.74) is 0. The summed E-state index contributed by atoms with van der Waals surface area (Å²) in [5, 5.41) is 22.3. The van der Waals surface area contributed by atoms with Gasteiger partial charge in [0.2, 0.25) is 5.91 Å². The molecule has 0 aromatic rings. The lowest BCUT2D eigenvalue weighted by molar-refractivity contribution is -0.141. The summed E-state index contributed by atoms with van der Waals surface area (Å²) in [5.74, 6) is -1.61. The molecule has 0 aromatic carbocycles. The zero-order valence-corrected chi connectivity index (χ0v) is 11.3. The molecule has 0 aliphatic carbocycles. The van der Waals surface area contributed by atoms with Crippen LogP contribution in [0, 0.1) is 0 Å². The van der Waals surface area contributed by atoms with E-state index in [0.29, 0.717) is 13.1 Å². The Balaban J connectivity index is 4.25. The number of likely N-dealkylation sites (N-methyl/N-ethyl adjacent to an activating group) is 1. The van der Waals surface area contributed by atoms with Crippen molar-refractivity contribution in [1.82, 2.24) is 15.5 Å². The van der Waals surface area contributed by atoms with Crippen molar-refractivity contribution in [2.75, 3.05) is 19.6 Å². The van der Waals surface area contributed by atoms with Crippen LogP contribution in [0.3, 0.4) is 0 Å². The second-order valence-electron chi connectivity index (χ2n) is 3.95. The minimum Gasteiger partial charge on any atom is -0.480 e. The minimum absolute atomic E-state index is 0.223. The molecule has 8 nitrogen and oxygen atoms in total. The van der Waals surface area contributed by atoms with E-state index >= 15 is 0 Å². The number of aliphatic hydroxyl groups excluding tert-OH is 1. The number of amides is 3. The van der Waals surface area contributed by atoms with E-state index in [1.807, 2.05) is 13.8 Å². The fourth-order valence-electron chi connectivity index (χ4n) is 1.42. The van der Waals surface area contributed by atoms with Gasteiger partial charge in [-0.2, -0.15) is 0 Å². The topological polar surface area (TPSA) is 119 Å². The largest absolute Gasteiger partial charge is 0.480 e. The summed E-state index contributed by atoms with van der Waals surface area (Å²) in [6, 6.07) is -2.22. The first-order valence-corrected chi connectivity index (χ1v) is 6.06. The number of nitrogens with one attached hydrogen (secondary N) is 2. The normalized spacial score (nSPS) is 13.3. The highest BCUT2D eigenvalue weighted by Gasteiger charge is 2.25. The Labute approximate surface area is 111 Å². The predicted octanol–water partition coefficient (Wildman–Crippen LogP) is -1.01. The van der Waals surface area contributed by atoms with E-state index in [0.717, 1.165) is 0 Å². The van der Waals surface area contributed by atoms with Crippen LogP contribution in [0.1, 0.15) is 20.8 Å². The third kappa shape index (κ3) is 6.05. The highest BCUT2D eigenvalue weighted by Crippen LogP contribution is 1.93. The van der Waals surface area contributed by atoms with E-state index in [1.54, 1.807) is 0 Å². The fourth-order valence-corrected chi connectivity index (χ4v) is 1.42. The lowest BCUT2D eigenvalue weighted by Gasteiger charge is -2.20. The van der Waals surface area contributed by atoms with Gasteiger partial charge in [-0.05, 0) is 20.8 Å². The van der Waals surface area contributed by atoms with Crippen molar-refractivity contribution < 1.29 is 24.6 Å². The number of aliphatic hydroxyl groups is 1. The van der Waals surface area contributed by atoms with E-state index in [1.165, 1.54) is 11.8 Å². The molecule has 0 fully saturated rings. The van der Waals surface area contributed by atoms with Crippen molar-refractivity contribution in [2.45, 2.75) is 32.9 Å². The first-order valence-electron chi connectivity index (χ1n) is 6.06. The molecule has 0 aromatic heterocycles. The maximum absolute atomic E-state index is 11.6. The van der Waals surface area contributed by atoms with Crippen molar-refractivity contribution in [2.24, 2.45) is 0 Å². The molecule has 0 aliphatic heterocycles. The Hall–Kier alpha value is -1.83. The summed E-state index contributed by atoms with van der Waals surface area (Å²) in [6.07, 6.45) is -1.23. The third-order valence-electron chi connectivity index (χ3n) is 2.55. The zero-order chi connectivity index (χ0) is 15.0. The van der Waals surface area contributed by atoms with E-state index < -0.39 is 24.1 Å². The average Bonchev–Trinajstić information content (AvgIpc) is 2.34. The van der Waals surface area contributed by atoms with Crippen molar-refractivity contribution in [3.05, 3.63) is 0 Å². The Bertz CT molecular complexity index is 328. The van der Waals surface area contributed by atoms with Crippen LogP contribution in [0.25, 0.3) is 0 Å². The van der Waals surface area contributed by atoms with Crippen LogP contribution in [-0.4, -0.2) is 64.8 Å². The number of carbonyl (C=O) groups is 3. The predicted molar refractivity (Wildman–Crippen MR) is 67.6 cm³/mol. The maximum atomic E-state index is 11.6. The van der Waals surface area contributed by atoms with Gasteiger partial charge in [0, 0.05) is 13.1 Å². The summed E-state index contributed by atoms with van der Waals surface area (Å²) in [7, 11) is 0. The Morgan fingerprint density at radius 2 is 1.74 bits per heavy atom. The van der Waals surface area contributed by atoms with Gasteiger partial charge in [0.1, 0.15) is 0 Å². The number of urea groups is 1. The molecular weight excluding hydrogens is 254 g/mol. The second-order valence-corrected chi connectivity index (χ2v) is 3.95. The van der Waals surface area contributed by atoms with Gasteiger partial charge in [0.25, 0.3) is 0 Å². The molecule has 0 rings (SSSR count). The van der Waals surface area contributed by atoms with Crippen molar-refractivity contribution >= 4 is 17.9 Å². The first kappa shape index (κ1) is 17.2. The molecule has 2 unspecified atom stereocenters. The van der Waals surface area contributed by atoms with E-state index in [2.05, 4.69) is 10.6 Å². The molecule has 4 N–H and O–H groups in total. The Morgan fingerprint density at radius 3 is 2.11 bits per heavy atom. The molecule has 8 heteroatoms. The highest BCUT2D eigenvalue weighted by atomic mass is 16.4. The summed E-state index contributed by atoms with van der Waals surface area (Å²) in [4.78, 5) is 35.2. The molecule has 110 valence electrons. The van der Waals surface area contributed by atoms with E-state index in [-0.39, 0.29) is 12.5 Å². The van der Waals surface area contributed by atoms with Gasteiger partial charge < -0.3 is 25.7 Å². The molecular formula is C11H21N3O5. The molecule has 2 atom stereocenters. The van der Waals surface area contributed by atoms with Crippen LogP contribution in [0.5, 0.6) is 0 Å². The van der Waals surface area contributed by atoms with Crippen LogP contribution >= 0.6 is 0 Å². The van der Waals surface area contributed by atoms with Gasteiger partial charge in [-0.1, -0.05) is 0 Å². The van der Waals surface area contributed by atoms with Crippen LogP contribution in [0.4, 0.5) is 4.79 Å². The Morgan fingerprint density at radius 1 is 1.21 bits per heavy atom.